The van der Waals surface area contributed by atoms with Gasteiger partial charge in [0.25, 0.3) is 5.91 Å². The number of thiazole rings is 1. The van der Waals surface area contributed by atoms with Crippen molar-refractivity contribution >= 4 is 34.5 Å². The fraction of sp³-hybridized carbons (Fsp3) is 0.182. The summed E-state index contributed by atoms with van der Waals surface area (Å²) in [5.41, 5.74) is 5.12. The number of H-pyrrole nitrogens is 1. The Kier molecular flexibility index (Phi) is 6.09. The van der Waals surface area contributed by atoms with Crippen LogP contribution in [0.3, 0.4) is 0 Å². The molecule has 9 nitrogen and oxygen atoms in total. The van der Waals surface area contributed by atoms with Crippen molar-refractivity contribution in [3.05, 3.63) is 28.6 Å². The molecule has 0 spiro atoms. The van der Waals surface area contributed by atoms with Crippen molar-refractivity contribution in [3.63, 3.8) is 0 Å². The molecular formula is C11H13N7O2S2. The Bertz CT molecular complexity index is 679. The monoisotopic (exact) mass is 339 g/mol. The highest BCUT2D eigenvalue weighted by Crippen LogP contribution is 2.27. The third-order valence-corrected chi connectivity index (χ3v) is 4.06. The van der Waals surface area contributed by atoms with Gasteiger partial charge in [-0.2, -0.15) is 0 Å². The van der Waals surface area contributed by atoms with Crippen LogP contribution in [0.2, 0.25) is 0 Å². The number of aromatic amines is 1. The van der Waals surface area contributed by atoms with E-state index in [4.69, 9.17) is 10.8 Å². The van der Waals surface area contributed by atoms with E-state index in [1.165, 1.54) is 11.3 Å². The van der Waals surface area contributed by atoms with Crippen LogP contribution in [0.15, 0.2) is 22.9 Å². The molecular weight excluding hydrogens is 326 g/mol. The smallest absolute Gasteiger partial charge is 0.277 e. The van der Waals surface area contributed by atoms with Gasteiger partial charge in [0.15, 0.2) is 0 Å². The number of carbonyl (C=O) groups excluding carboxylic acids is 1. The lowest BCUT2D eigenvalue weighted by Gasteiger charge is -1.95. The van der Waals surface area contributed by atoms with Crippen LogP contribution in [0.5, 0.6) is 0 Å². The number of aliphatic hydroxyl groups excluding tert-OH is 1. The molecule has 0 atom stereocenters. The summed E-state index contributed by atoms with van der Waals surface area (Å²) in [4.78, 5) is 17.1. The van der Waals surface area contributed by atoms with Gasteiger partial charge in [0.2, 0.25) is 5.95 Å². The second-order valence-electron chi connectivity index (χ2n) is 3.73. The molecule has 0 bridgehead atoms. The first-order valence-corrected chi connectivity index (χ1v) is 7.86. The summed E-state index contributed by atoms with van der Waals surface area (Å²) < 4.78 is 0. The molecule has 0 unspecified atom stereocenters. The van der Waals surface area contributed by atoms with Gasteiger partial charge < -0.3 is 10.8 Å². The summed E-state index contributed by atoms with van der Waals surface area (Å²) in [6, 6.07) is 3.91. The quantitative estimate of drug-likeness (QED) is 0.544. The van der Waals surface area contributed by atoms with Gasteiger partial charge in [-0.15, -0.1) is 22.7 Å². The van der Waals surface area contributed by atoms with Crippen LogP contribution in [0.1, 0.15) is 10.5 Å². The molecule has 0 aliphatic heterocycles. The minimum absolute atomic E-state index is 0.0972. The minimum atomic E-state index is -0.340. The zero-order chi connectivity index (χ0) is 15.8. The fourth-order valence-corrected chi connectivity index (χ4v) is 2.89. The molecule has 3 rings (SSSR count). The zero-order valence-electron chi connectivity index (χ0n) is 11.3. The van der Waals surface area contributed by atoms with E-state index in [9.17, 15) is 4.79 Å². The summed E-state index contributed by atoms with van der Waals surface area (Å²) in [7, 11) is 0. The Morgan fingerprint density at radius 1 is 1.45 bits per heavy atom. The maximum Gasteiger partial charge on any atom is 0.277 e. The van der Waals surface area contributed by atoms with Crippen molar-refractivity contribution in [2.24, 2.45) is 5.73 Å². The third kappa shape index (κ3) is 4.39. The van der Waals surface area contributed by atoms with Gasteiger partial charge in [0.1, 0.15) is 10.7 Å². The number of hydrogen-bond donors (Lipinski definition) is 4. The van der Waals surface area contributed by atoms with Gasteiger partial charge in [-0.1, -0.05) is 11.2 Å². The Morgan fingerprint density at radius 3 is 2.86 bits per heavy atom. The van der Waals surface area contributed by atoms with Crippen molar-refractivity contribution in [1.29, 1.82) is 0 Å². The molecule has 3 aromatic rings. The molecule has 3 heterocycles. The number of nitrogens with two attached hydrogens (primary N) is 1. The molecule has 0 aromatic carbocycles. The Hall–Kier alpha value is -2.21. The molecule has 5 N–H and O–H groups in total. The standard InChI is InChI=1S/C9H6N6OS2.C2H7NO/c16-7(11-9-12-14-15-13-9)5-4-18-8(10-5)6-2-1-3-17-6;3-1-2-4/h1-4H,(H2,11,12,13,14,15,16);4H,1-3H2. The Labute approximate surface area is 133 Å². The van der Waals surface area contributed by atoms with E-state index in [-0.39, 0.29) is 18.5 Å². The normalized spacial score (nSPS) is 9.91. The molecule has 11 heteroatoms. The van der Waals surface area contributed by atoms with Gasteiger partial charge in [0.05, 0.1) is 11.5 Å². The highest BCUT2D eigenvalue weighted by molar-refractivity contribution is 7.20. The summed E-state index contributed by atoms with van der Waals surface area (Å²) in [6.45, 7) is 0.472. The number of amides is 1. The Balaban J connectivity index is 0.000000396. The van der Waals surface area contributed by atoms with Gasteiger partial charge in [-0.05, 0) is 21.9 Å². The maximum atomic E-state index is 11.8. The first kappa shape index (κ1) is 16.2. The number of aromatic nitrogens is 5. The first-order valence-electron chi connectivity index (χ1n) is 6.10. The van der Waals surface area contributed by atoms with Gasteiger partial charge in [-0.25, -0.2) is 10.1 Å². The number of rotatable bonds is 4. The number of carbonyl (C=O) groups is 1. The number of thiophene rings is 1. The van der Waals surface area contributed by atoms with Crippen LogP contribution in [0.4, 0.5) is 5.95 Å². The van der Waals surface area contributed by atoms with Crippen LogP contribution < -0.4 is 11.1 Å². The summed E-state index contributed by atoms with van der Waals surface area (Å²) in [6.07, 6.45) is 0. The molecule has 0 aliphatic rings. The van der Waals surface area contributed by atoms with Crippen LogP contribution in [0.25, 0.3) is 9.88 Å². The van der Waals surface area contributed by atoms with E-state index in [1.54, 1.807) is 16.7 Å². The van der Waals surface area contributed by atoms with Crippen molar-refractivity contribution in [3.8, 4) is 9.88 Å². The first-order chi connectivity index (χ1) is 10.7. The number of nitrogens with zero attached hydrogens (tertiary/aromatic N) is 4. The van der Waals surface area contributed by atoms with Crippen LogP contribution in [-0.4, -0.2) is 49.8 Å². The van der Waals surface area contributed by atoms with E-state index >= 15 is 0 Å². The lowest BCUT2D eigenvalue weighted by atomic mass is 10.4. The lowest BCUT2D eigenvalue weighted by molar-refractivity contribution is 0.102. The highest BCUT2D eigenvalue weighted by Gasteiger charge is 2.13. The average molecular weight is 339 g/mol. The largest absolute Gasteiger partial charge is 0.395 e. The number of aliphatic hydroxyl groups is 1. The van der Waals surface area contributed by atoms with Gasteiger partial charge in [-0.3, -0.25) is 10.1 Å². The molecule has 3 aromatic heterocycles. The van der Waals surface area contributed by atoms with E-state index < -0.39 is 0 Å². The Morgan fingerprint density at radius 2 is 2.27 bits per heavy atom. The zero-order valence-corrected chi connectivity index (χ0v) is 12.9. The molecule has 0 saturated heterocycles. The molecule has 0 radical (unpaired) electrons. The topological polar surface area (TPSA) is 143 Å². The molecule has 0 aliphatic carbocycles. The predicted molar refractivity (Wildman–Crippen MR) is 83.7 cm³/mol. The number of anilines is 1. The summed E-state index contributed by atoms with van der Waals surface area (Å²) in [5, 5.41) is 27.5. The molecule has 116 valence electrons. The predicted octanol–water partition coefficient (Wildman–Crippen LogP) is 0.574. The molecule has 22 heavy (non-hydrogen) atoms. The molecule has 1 amide bonds. The number of hydrogen-bond acceptors (Lipinski definition) is 9. The summed E-state index contributed by atoms with van der Waals surface area (Å²) >= 11 is 3.01. The minimum Gasteiger partial charge on any atom is -0.395 e. The summed E-state index contributed by atoms with van der Waals surface area (Å²) in [5.74, 6) is -0.140. The van der Waals surface area contributed by atoms with E-state index in [0.29, 0.717) is 12.2 Å². The SMILES string of the molecule is NCCO.O=C(Nc1nnn[nH]1)c1csc(-c2cccs2)n1. The van der Waals surface area contributed by atoms with E-state index in [0.717, 1.165) is 9.88 Å². The van der Waals surface area contributed by atoms with Gasteiger partial charge in [0, 0.05) is 11.9 Å². The average Bonchev–Trinajstić information content (AvgIpc) is 3.27. The number of nitrogens with one attached hydrogen (secondary N) is 2. The van der Waals surface area contributed by atoms with Crippen molar-refractivity contribution in [1.82, 2.24) is 25.6 Å². The molecule has 0 saturated carbocycles. The van der Waals surface area contributed by atoms with Crippen LogP contribution in [0, 0.1) is 0 Å². The van der Waals surface area contributed by atoms with Crippen LogP contribution in [-0.2, 0) is 0 Å². The fourth-order valence-electron chi connectivity index (χ4n) is 1.28. The van der Waals surface area contributed by atoms with E-state index in [2.05, 4.69) is 30.9 Å². The second-order valence-corrected chi connectivity index (χ2v) is 5.54. The highest BCUT2D eigenvalue weighted by atomic mass is 32.1. The van der Waals surface area contributed by atoms with Crippen molar-refractivity contribution < 1.29 is 9.90 Å². The molecule has 0 fully saturated rings. The van der Waals surface area contributed by atoms with Crippen molar-refractivity contribution in [2.75, 3.05) is 18.5 Å². The third-order valence-electron chi connectivity index (χ3n) is 2.18. The maximum absolute atomic E-state index is 11.8. The number of tetrazole rings is 1. The second kappa shape index (κ2) is 8.29. The van der Waals surface area contributed by atoms with Crippen molar-refractivity contribution in [2.45, 2.75) is 0 Å². The van der Waals surface area contributed by atoms with Gasteiger partial charge >= 0.3 is 0 Å². The van der Waals surface area contributed by atoms with Crippen LogP contribution >= 0.6 is 22.7 Å². The van der Waals surface area contributed by atoms with E-state index in [1.807, 2.05) is 17.5 Å². The lowest BCUT2D eigenvalue weighted by Crippen LogP contribution is -2.13.